The van der Waals surface area contributed by atoms with E-state index < -0.39 is 0 Å². The summed E-state index contributed by atoms with van der Waals surface area (Å²) in [5, 5.41) is 0. The molecule has 0 bridgehead atoms. The molecule has 0 saturated heterocycles. The predicted molar refractivity (Wildman–Crippen MR) is 15.4 cm³/mol. The van der Waals surface area contributed by atoms with E-state index in [1.807, 2.05) is 0 Å². The van der Waals surface area contributed by atoms with Crippen molar-refractivity contribution < 1.29 is 7.64 Å². The molecule has 0 aliphatic heterocycles. The van der Waals surface area contributed by atoms with E-state index in [2.05, 4.69) is 0 Å². The molecule has 0 atom stereocenters. The van der Waals surface area contributed by atoms with Crippen molar-refractivity contribution in [3.8, 4) is 0 Å². The van der Waals surface area contributed by atoms with Gasteiger partial charge in [-0.3, -0.25) is 4.57 Å². The fourth-order valence-electron chi connectivity index (χ4n) is 0. The molecule has 0 aromatic heterocycles. The number of rotatable bonds is 0. The van der Waals surface area contributed by atoms with Gasteiger partial charge in [0.15, 0.2) is 0 Å². The number of hydrogen-bond donors (Lipinski definition) is 0. The first kappa shape index (κ1) is 8.83. The van der Waals surface area contributed by atoms with Gasteiger partial charge in [-0.25, -0.2) is 0 Å². The molecule has 0 amide bonds. The van der Waals surface area contributed by atoms with Gasteiger partial charge < -0.3 is 0 Å². The third-order valence-electron chi connectivity index (χ3n) is 0. The molecule has 0 aromatic carbocycles. The van der Waals surface area contributed by atoms with Crippen LogP contribution in [0, 0.1) is 0 Å². The summed E-state index contributed by atoms with van der Waals surface area (Å²) in [5.74, 6) is 0. The zero-order valence-corrected chi connectivity index (χ0v) is 5.67. The van der Waals surface area contributed by atoms with Crippen LogP contribution in [0.3, 0.4) is 0 Å². The third-order valence-corrected chi connectivity index (χ3v) is 0. The molecule has 0 aliphatic carbocycles. The average Bonchev–Trinajstić information content (AvgIpc) is 1.50. The van der Waals surface area contributed by atoms with Gasteiger partial charge in [-0.1, -0.05) is 0 Å². The Bertz CT molecular complexity index is 8.00. The maximum atomic E-state index is 8.34. The molecule has 2 radical (unpaired) electrons. The SMILES string of the molecule is O=P.[O]=[Sn]. The molecular weight excluding hydrogens is 182 g/mol. The summed E-state index contributed by atoms with van der Waals surface area (Å²) in [7, 11) is 1.72. The normalized spacial score (nSPS) is 2.00. The van der Waals surface area contributed by atoms with Crippen LogP contribution in [0.15, 0.2) is 0 Å². The second-order valence-electron chi connectivity index (χ2n) is 0. The van der Waals surface area contributed by atoms with Crippen molar-refractivity contribution in [2.45, 2.75) is 0 Å². The Labute approximate surface area is 39.7 Å². The van der Waals surface area contributed by atoms with E-state index in [1.165, 1.54) is 0 Å². The minimum absolute atomic E-state index is 0.300. The second kappa shape index (κ2) is 55.2. The van der Waals surface area contributed by atoms with E-state index in [0.717, 1.165) is 0 Å². The van der Waals surface area contributed by atoms with E-state index >= 15 is 0 Å². The molecule has 0 spiro atoms. The van der Waals surface area contributed by atoms with Crippen molar-refractivity contribution in [2.75, 3.05) is 0 Å². The van der Waals surface area contributed by atoms with Crippen LogP contribution in [0.5, 0.6) is 0 Å². The van der Waals surface area contributed by atoms with Crippen LogP contribution in [0.1, 0.15) is 0 Å². The van der Waals surface area contributed by atoms with Crippen molar-refractivity contribution in [3.63, 3.8) is 0 Å². The molecule has 0 unspecified atom stereocenters. The Kier molecular flexibility index (Phi) is 122. The Morgan fingerprint density at radius 2 is 1.25 bits per heavy atom. The summed E-state index contributed by atoms with van der Waals surface area (Å²) in [6.07, 6.45) is 0. The molecule has 0 aromatic rings. The quantitative estimate of drug-likeness (QED) is 0.390. The second-order valence-corrected chi connectivity index (χ2v) is 0. The summed E-state index contributed by atoms with van der Waals surface area (Å²) in [5.41, 5.74) is 0. The van der Waals surface area contributed by atoms with Gasteiger partial charge in [-0.2, -0.15) is 0 Å². The van der Waals surface area contributed by atoms with E-state index in [-0.39, 0.29) is 0 Å². The molecule has 0 rings (SSSR count). The van der Waals surface area contributed by atoms with Crippen LogP contribution < -0.4 is 0 Å². The van der Waals surface area contributed by atoms with Gasteiger partial charge >= 0.3 is 25.6 Å². The van der Waals surface area contributed by atoms with Crippen LogP contribution in [0.4, 0.5) is 0 Å². The van der Waals surface area contributed by atoms with Gasteiger partial charge in [-0.05, 0) is 0 Å². The molecule has 0 N–H and O–H groups in total. The van der Waals surface area contributed by atoms with Gasteiger partial charge in [-0.15, -0.1) is 0 Å². The van der Waals surface area contributed by atoms with Gasteiger partial charge in [0, 0.05) is 0 Å². The monoisotopic (exact) mass is 184 g/mol. The molecule has 22 valence electrons. The number of hydrogen-bond acceptors (Lipinski definition) is 2. The zero-order valence-electron chi connectivity index (χ0n) is 1.82. The Morgan fingerprint density at radius 3 is 1.25 bits per heavy atom. The van der Waals surface area contributed by atoms with E-state index in [0.29, 0.717) is 22.5 Å². The van der Waals surface area contributed by atoms with Crippen molar-refractivity contribution in [2.24, 2.45) is 0 Å². The van der Waals surface area contributed by atoms with Gasteiger partial charge in [0.1, 0.15) is 9.12 Å². The van der Waals surface area contributed by atoms with Gasteiger partial charge in [0.25, 0.3) is 0 Å². The fourth-order valence-corrected chi connectivity index (χ4v) is 0. The predicted octanol–water partition coefficient (Wildman–Crippen LogP) is -0.0249. The van der Waals surface area contributed by atoms with Gasteiger partial charge in [0.2, 0.25) is 0 Å². The molecular formula is HO2PSn. The van der Waals surface area contributed by atoms with E-state index in [9.17, 15) is 0 Å². The minimum atomic E-state index is 0.300. The molecule has 0 saturated carbocycles. The fraction of sp³-hybridized carbons (Fsp3) is 0. The molecule has 4 heteroatoms. The molecule has 0 fully saturated rings. The summed E-state index contributed by atoms with van der Waals surface area (Å²) in [6.45, 7) is 0. The molecule has 0 heterocycles. The van der Waals surface area contributed by atoms with Crippen LogP contribution in [0.25, 0.3) is 0 Å². The summed E-state index contributed by atoms with van der Waals surface area (Å²) in [6, 6.07) is 0. The average molecular weight is 183 g/mol. The van der Waals surface area contributed by atoms with Crippen LogP contribution >= 0.6 is 9.12 Å². The van der Waals surface area contributed by atoms with E-state index in [1.54, 1.807) is 9.12 Å². The zero-order chi connectivity index (χ0) is 4.00. The third kappa shape index (κ3) is 16.0. The topological polar surface area (TPSA) is 34.1 Å². The van der Waals surface area contributed by atoms with Crippen molar-refractivity contribution in [1.29, 1.82) is 0 Å². The van der Waals surface area contributed by atoms with Crippen LogP contribution in [-0.4, -0.2) is 22.5 Å². The van der Waals surface area contributed by atoms with Crippen molar-refractivity contribution in [3.05, 3.63) is 0 Å². The van der Waals surface area contributed by atoms with Crippen LogP contribution in [-0.2, 0) is 7.64 Å². The standard InChI is InChI=1S/HOP.O.Sn/c1-2;;/h2H;;. The first-order valence-corrected chi connectivity index (χ1v) is 1.98. The first-order chi connectivity index (χ1) is 2.00. The Hall–Kier alpha value is 0.699. The Balaban J connectivity index is 0. The molecule has 4 heavy (non-hydrogen) atoms. The summed E-state index contributed by atoms with van der Waals surface area (Å²) < 4.78 is 16.4. The van der Waals surface area contributed by atoms with E-state index in [4.69, 9.17) is 7.64 Å². The Morgan fingerprint density at radius 1 is 1.25 bits per heavy atom. The van der Waals surface area contributed by atoms with Crippen molar-refractivity contribution >= 4 is 31.6 Å². The van der Waals surface area contributed by atoms with Crippen molar-refractivity contribution in [1.82, 2.24) is 0 Å². The summed E-state index contributed by atoms with van der Waals surface area (Å²) in [4.78, 5) is 0. The maximum absolute atomic E-state index is 8.34. The molecule has 0 aliphatic rings. The van der Waals surface area contributed by atoms with Crippen LogP contribution in [0.2, 0.25) is 0 Å². The molecule has 2 nitrogen and oxygen atoms in total. The first-order valence-electron chi connectivity index (χ1n) is 0.408. The summed E-state index contributed by atoms with van der Waals surface area (Å²) >= 11 is 0.300. The van der Waals surface area contributed by atoms with Gasteiger partial charge in [0.05, 0.1) is 0 Å².